The Balaban J connectivity index is 1.55. The second-order valence-electron chi connectivity index (χ2n) is 8.66. The highest BCUT2D eigenvalue weighted by molar-refractivity contribution is 7.80. The summed E-state index contributed by atoms with van der Waals surface area (Å²) in [4.78, 5) is 37.7. The molecule has 0 unspecified atom stereocenters. The monoisotopic (exact) mass is 550 g/mol. The first kappa shape index (κ1) is 25.8. The van der Waals surface area contributed by atoms with Gasteiger partial charge in [0.25, 0.3) is 17.5 Å². The lowest BCUT2D eigenvalue weighted by Gasteiger charge is -2.29. The third kappa shape index (κ3) is 5.01. The number of alkyl halides is 3. The van der Waals surface area contributed by atoms with Gasteiger partial charge in [0.1, 0.15) is 5.57 Å². The fourth-order valence-corrected chi connectivity index (χ4v) is 4.64. The van der Waals surface area contributed by atoms with Crippen LogP contribution in [-0.4, -0.2) is 26.4 Å². The van der Waals surface area contributed by atoms with Crippen LogP contribution in [0.5, 0.6) is 0 Å². The Bertz CT molecular complexity index is 1710. The van der Waals surface area contributed by atoms with E-state index in [1.807, 2.05) is 10.6 Å². The zero-order chi connectivity index (χ0) is 27.9. The van der Waals surface area contributed by atoms with Crippen LogP contribution in [0.25, 0.3) is 17.0 Å². The number of hydrogen-bond acceptors (Lipinski definition) is 5. The van der Waals surface area contributed by atoms with Crippen LogP contribution in [0.2, 0.25) is 0 Å². The Kier molecular flexibility index (Phi) is 6.48. The van der Waals surface area contributed by atoms with Crippen molar-refractivity contribution in [3.05, 3.63) is 111 Å². The number of benzene rings is 3. The van der Waals surface area contributed by atoms with Gasteiger partial charge in [-0.15, -0.1) is 0 Å². The predicted molar refractivity (Wildman–Crippen MR) is 142 cm³/mol. The van der Waals surface area contributed by atoms with Gasteiger partial charge in [0, 0.05) is 41.3 Å². The van der Waals surface area contributed by atoms with Gasteiger partial charge in [-0.2, -0.15) is 13.2 Å². The average Bonchev–Trinajstić information content (AvgIpc) is 3.23. The highest BCUT2D eigenvalue weighted by Gasteiger charge is 2.36. The number of non-ortho nitro benzene ring substituents is 1. The molecule has 12 heteroatoms. The van der Waals surface area contributed by atoms with Crippen LogP contribution in [0.1, 0.15) is 16.7 Å². The lowest BCUT2D eigenvalue weighted by atomic mass is 10.1. The molecule has 2 heterocycles. The summed E-state index contributed by atoms with van der Waals surface area (Å²) in [5.41, 5.74) is 0.412. The van der Waals surface area contributed by atoms with Gasteiger partial charge in [-0.25, -0.2) is 0 Å². The van der Waals surface area contributed by atoms with E-state index in [-0.39, 0.29) is 28.6 Å². The number of fused-ring (bicyclic) bond motifs is 1. The second kappa shape index (κ2) is 9.80. The maximum absolute atomic E-state index is 13.4. The quantitative estimate of drug-likeness (QED) is 0.117. The van der Waals surface area contributed by atoms with Crippen LogP contribution in [0.4, 0.5) is 24.5 Å². The lowest BCUT2D eigenvalue weighted by Crippen LogP contribution is -2.54. The molecule has 1 aliphatic heterocycles. The van der Waals surface area contributed by atoms with E-state index in [0.29, 0.717) is 16.5 Å². The molecule has 1 fully saturated rings. The van der Waals surface area contributed by atoms with Crippen molar-refractivity contribution in [3.8, 4) is 0 Å². The Hall–Kier alpha value is -4.84. The molecule has 0 aliphatic carbocycles. The van der Waals surface area contributed by atoms with Crippen LogP contribution in [0.15, 0.2) is 84.6 Å². The molecule has 3 aromatic carbocycles. The third-order valence-corrected chi connectivity index (χ3v) is 6.41. The summed E-state index contributed by atoms with van der Waals surface area (Å²) < 4.78 is 41.6. The maximum atomic E-state index is 13.4. The van der Waals surface area contributed by atoms with Crippen molar-refractivity contribution in [1.29, 1.82) is 0 Å². The minimum Gasteiger partial charge on any atom is -0.342 e. The molecule has 1 aromatic heterocycles. The number of hydrogen-bond donors (Lipinski definition) is 1. The van der Waals surface area contributed by atoms with Gasteiger partial charge >= 0.3 is 6.18 Å². The summed E-state index contributed by atoms with van der Waals surface area (Å²) in [6.45, 7) is 0.270. The Labute approximate surface area is 224 Å². The molecule has 0 bridgehead atoms. The molecule has 1 saturated heterocycles. The number of amides is 2. The summed E-state index contributed by atoms with van der Waals surface area (Å²) >= 11 is 5.11. The number of nitro groups is 1. The van der Waals surface area contributed by atoms with Gasteiger partial charge in [-0.3, -0.25) is 29.9 Å². The number of rotatable bonds is 5. The number of nitrogens with zero attached hydrogens (tertiary/aromatic N) is 3. The van der Waals surface area contributed by atoms with Crippen molar-refractivity contribution >= 4 is 57.5 Å². The van der Waals surface area contributed by atoms with Crippen LogP contribution >= 0.6 is 12.2 Å². The molecule has 5 rings (SSSR count). The average molecular weight is 551 g/mol. The number of nitro benzene ring substituents is 1. The molecule has 0 radical (unpaired) electrons. The van der Waals surface area contributed by atoms with Crippen molar-refractivity contribution in [2.45, 2.75) is 12.7 Å². The first-order valence-corrected chi connectivity index (χ1v) is 11.8. The van der Waals surface area contributed by atoms with Crippen LogP contribution in [0.3, 0.4) is 0 Å². The zero-order valence-corrected chi connectivity index (χ0v) is 20.6. The molecular weight excluding hydrogens is 533 g/mol. The van der Waals surface area contributed by atoms with E-state index < -0.39 is 28.5 Å². The smallest absolute Gasteiger partial charge is 0.342 e. The lowest BCUT2D eigenvalue weighted by molar-refractivity contribution is -0.384. The van der Waals surface area contributed by atoms with Gasteiger partial charge in [0.05, 0.1) is 16.2 Å². The van der Waals surface area contributed by atoms with E-state index in [0.717, 1.165) is 28.6 Å². The topological polar surface area (TPSA) is 97.5 Å². The first-order valence-electron chi connectivity index (χ1n) is 11.4. The van der Waals surface area contributed by atoms with Crippen molar-refractivity contribution in [1.82, 2.24) is 9.88 Å². The largest absolute Gasteiger partial charge is 0.416 e. The normalized spacial score (nSPS) is 15.2. The molecule has 8 nitrogen and oxygen atoms in total. The Morgan fingerprint density at radius 1 is 1.00 bits per heavy atom. The van der Waals surface area contributed by atoms with Crippen LogP contribution in [-0.2, 0) is 22.3 Å². The minimum absolute atomic E-state index is 0.0542. The van der Waals surface area contributed by atoms with Crippen molar-refractivity contribution in [3.63, 3.8) is 0 Å². The number of carbonyl (C=O) groups excluding carboxylic acids is 2. The summed E-state index contributed by atoms with van der Waals surface area (Å²) in [6, 6.07) is 17.4. The minimum atomic E-state index is -4.64. The summed E-state index contributed by atoms with van der Waals surface area (Å²) in [7, 11) is 0. The number of anilines is 1. The molecule has 39 heavy (non-hydrogen) atoms. The molecule has 0 atom stereocenters. The number of carbonyl (C=O) groups is 2. The van der Waals surface area contributed by atoms with Crippen molar-refractivity contribution < 1.29 is 27.7 Å². The Morgan fingerprint density at radius 3 is 2.49 bits per heavy atom. The van der Waals surface area contributed by atoms with Gasteiger partial charge in [-0.1, -0.05) is 36.4 Å². The van der Waals surface area contributed by atoms with E-state index in [1.54, 1.807) is 36.5 Å². The van der Waals surface area contributed by atoms with E-state index in [9.17, 15) is 32.9 Å². The molecule has 4 aromatic rings. The van der Waals surface area contributed by atoms with Crippen LogP contribution < -0.4 is 10.2 Å². The molecule has 1 aliphatic rings. The molecule has 0 spiro atoms. The van der Waals surface area contributed by atoms with Gasteiger partial charge in [0.15, 0.2) is 5.11 Å². The zero-order valence-electron chi connectivity index (χ0n) is 19.8. The molecule has 2 amide bonds. The maximum Gasteiger partial charge on any atom is 0.416 e. The number of aromatic nitrogens is 1. The second-order valence-corrected chi connectivity index (χ2v) is 9.05. The van der Waals surface area contributed by atoms with Crippen molar-refractivity contribution in [2.24, 2.45) is 0 Å². The standard InChI is InChI=1S/C27H17F3N4O4S/c28-27(29,30)18-6-4-7-19(13-18)33-25(36)22(24(35)31-26(33)39)12-17-15-32(23-10-2-1-9-21(17)23)14-16-5-3-8-20(11-16)34(37)38/h1-13,15H,14H2,(H,31,35,39)/b22-12+. The Morgan fingerprint density at radius 2 is 1.74 bits per heavy atom. The molecule has 0 saturated carbocycles. The summed E-state index contributed by atoms with van der Waals surface area (Å²) in [6.07, 6.45) is -1.59. The van der Waals surface area contributed by atoms with Crippen LogP contribution in [0, 0.1) is 10.1 Å². The van der Waals surface area contributed by atoms with Gasteiger partial charge < -0.3 is 4.57 Å². The molecule has 196 valence electrons. The van der Waals surface area contributed by atoms with E-state index in [4.69, 9.17) is 12.2 Å². The number of thiocarbonyl (C=S) groups is 1. The van der Waals surface area contributed by atoms with Gasteiger partial charge in [0.2, 0.25) is 0 Å². The van der Waals surface area contributed by atoms with E-state index in [2.05, 4.69) is 5.32 Å². The fraction of sp³-hybridized carbons (Fsp3) is 0.0741. The SMILES string of the molecule is O=C1NC(=S)N(c2cccc(C(F)(F)F)c2)C(=O)/C1=C/c1cn(Cc2cccc([N+](=O)[O-])c2)c2ccccc12. The highest BCUT2D eigenvalue weighted by Crippen LogP contribution is 2.33. The number of nitrogens with one attached hydrogen (secondary N) is 1. The number of halogens is 3. The first-order chi connectivity index (χ1) is 18.5. The van der Waals surface area contributed by atoms with Crippen molar-refractivity contribution in [2.75, 3.05) is 4.90 Å². The fourth-order valence-electron chi connectivity index (χ4n) is 4.35. The third-order valence-electron chi connectivity index (χ3n) is 6.13. The van der Waals surface area contributed by atoms with Gasteiger partial charge in [-0.05, 0) is 48.1 Å². The molecular formula is C27H17F3N4O4S. The molecule has 1 N–H and O–H groups in total. The number of para-hydroxylation sites is 1. The predicted octanol–water partition coefficient (Wildman–Crippen LogP) is 5.45. The summed E-state index contributed by atoms with van der Waals surface area (Å²) in [5.74, 6) is -1.66. The van der Waals surface area contributed by atoms with E-state index >= 15 is 0 Å². The summed E-state index contributed by atoms with van der Waals surface area (Å²) in [5, 5.41) is 13.9. The van der Waals surface area contributed by atoms with E-state index in [1.165, 1.54) is 24.3 Å². The highest BCUT2D eigenvalue weighted by atomic mass is 32.1.